The van der Waals surface area contributed by atoms with Crippen molar-refractivity contribution in [2.45, 2.75) is 33.2 Å². The SMILES string of the molecule is CCCC(N)=NCc1ccc(C)nc1. The van der Waals surface area contributed by atoms with Crippen LogP contribution in [0.25, 0.3) is 0 Å². The van der Waals surface area contributed by atoms with E-state index in [9.17, 15) is 0 Å². The summed E-state index contributed by atoms with van der Waals surface area (Å²) in [5, 5.41) is 0. The van der Waals surface area contributed by atoms with Crippen LogP contribution in [0.2, 0.25) is 0 Å². The van der Waals surface area contributed by atoms with Crippen molar-refractivity contribution in [2.75, 3.05) is 0 Å². The monoisotopic (exact) mass is 191 g/mol. The minimum Gasteiger partial charge on any atom is -0.387 e. The molecule has 1 heterocycles. The van der Waals surface area contributed by atoms with E-state index in [1.165, 1.54) is 0 Å². The molecule has 0 unspecified atom stereocenters. The number of nitrogens with two attached hydrogens (primary N) is 1. The average molecular weight is 191 g/mol. The number of aryl methyl sites for hydroxylation is 1. The molecule has 3 nitrogen and oxygen atoms in total. The maximum Gasteiger partial charge on any atom is 0.0941 e. The lowest BCUT2D eigenvalue weighted by atomic mass is 10.2. The summed E-state index contributed by atoms with van der Waals surface area (Å²) in [4.78, 5) is 8.46. The molecule has 14 heavy (non-hydrogen) atoms. The third-order valence-electron chi connectivity index (χ3n) is 1.94. The van der Waals surface area contributed by atoms with E-state index in [-0.39, 0.29) is 0 Å². The summed E-state index contributed by atoms with van der Waals surface area (Å²) in [6.07, 6.45) is 3.76. The smallest absolute Gasteiger partial charge is 0.0941 e. The summed E-state index contributed by atoms with van der Waals surface area (Å²) in [5.41, 5.74) is 7.82. The van der Waals surface area contributed by atoms with Gasteiger partial charge in [0.25, 0.3) is 0 Å². The maximum absolute atomic E-state index is 5.69. The molecule has 76 valence electrons. The molecule has 3 heteroatoms. The summed E-state index contributed by atoms with van der Waals surface area (Å²) in [6.45, 7) is 4.70. The molecule has 0 atom stereocenters. The van der Waals surface area contributed by atoms with Crippen LogP contribution in [0.4, 0.5) is 0 Å². The molecule has 0 saturated carbocycles. The number of hydrogen-bond acceptors (Lipinski definition) is 2. The van der Waals surface area contributed by atoms with Crippen molar-refractivity contribution in [1.29, 1.82) is 0 Å². The Kier molecular flexibility index (Phi) is 4.11. The van der Waals surface area contributed by atoms with Crippen LogP contribution in [-0.4, -0.2) is 10.8 Å². The number of pyridine rings is 1. The molecule has 0 radical (unpaired) electrons. The van der Waals surface area contributed by atoms with Crippen LogP contribution in [0.5, 0.6) is 0 Å². The topological polar surface area (TPSA) is 51.3 Å². The summed E-state index contributed by atoms with van der Waals surface area (Å²) in [7, 11) is 0. The Labute approximate surface area is 85.1 Å². The molecule has 2 N–H and O–H groups in total. The van der Waals surface area contributed by atoms with Crippen molar-refractivity contribution in [3.05, 3.63) is 29.6 Å². The Balaban J connectivity index is 2.53. The standard InChI is InChI=1S/C11H17N3/c1-3-4-11(12)14-8-10-6-5-9(2)13-7-10/h5-7H,3-4,8H2,1-2H3,(H2,12,14). The summed E-state index contributed by atoms with van der Waals surface area (Å²) < 4.78 is 0. The van der Waals surface area contributed by atoms with E-state index < -0.39 is 0 Å². The van der Waals surface area contributed by atoms with Gasteiger partial charge in [-0.25, -0.2) is 0 Å². The van der Waals surface area contributed by atoms with Gasteiger partial charge in [-0.2, -0.15) is 0 Å². The molecule has 0 aliphatic rings. The van der Waals surface area contributed by atoms with Crippen molar-refractivity contribution in [2.24, 2.45) is 10.7 Å². The number of aliphatic imine (C=N–C) groups is 1. The minimum atomic E-state index is 0.638. The molecule has 0 spiro atoms. The lowest BCUT2D eigenvalue weighted by Gasteiger charge is -1.99. The Morgan fingerprint density at radius 2 is 2.29 bits per heavy atom. The molecule has 1 rings (SSSR count). The highest BCUT2D eigenvalue weighted by Crippen LogP contribution is 2.01. The summed E-state index contributed by atoms with van der Waals surface area (Å²) in [6, 6.07) is 4.02. The second kappa shape index (κ2) is 5.37. The lowest BCUT2D eigenvalue weighted by Crippen LogP contribution is -2.11. The summed E-state index contributed by atoms with van der Waals surface area (Å²) in [5.74, 6) is 0.730. The normalized spacial score (nSPS) is 11.7. The lowest BCUT2D eigenvalue weighted by molar-refractivity contribution is 0.949. The third-order valence-corrected chi connectivity index (χ3v) is 1.94. The van der Waals surface area contributed by atoms with E-state index in [0.29, 0.717) is 6.54 Å². The molecule has 0 bridgehead atoms. The second-order valence-electron chi connectivity index (χ2n) is 3.37. The van der Waals surface area contributed by atoms with Gasteiger partial charge in [0, 0.05) is 18.3 Å². The summed E-state index contributed by atoms with van der Waals surface area (Å²) >= 11 is 0. The third kappa shape index (κ3) is 3.56. The molecule has 0 aliphatic carbocycles. The first-order valence-corrected chi connectivity index (χ1v) is 4.92. The van der Waals surface area contributed by atoms with Crippen molar-refractivity contribution in [1.82, 2.24) is 4.98 Å². The fraction of sp³-hybridized carbons (Fsp3) is 0.455. The number of nitrogens with zero attached hydrogens (tertiary/aromatic N) is 2. The van der Waals surface area contributed by atoms with E-state index in [0.717, 1.165) is 29.9 Å². The van der Waals surface area contributed by atoms with Crippen LogP contribution in [0.15, 0.2) is 23.3 Å². The van der Waals surface area contributed by atoms with Crippen LogP contribution in [0.1, 0.15) is 31.0 Å². The fourth-order valence-corrected chi connectivity index (χ4v) is 1.12. The van der Waals surface area contributed by atoms with E-state index in [1.54, 1.807) is 0 Å². The Morgan fingerprint density at radius 1 is 1.50 bits per heavy atom. The average Bonchev–Trinajstić information content (AvgIpc) is 2.17. The van der Waals surface area contributed by atoms with E-state index in [2.05, 4.69) is 16.9 Å². The Bertz CT molecular complexity index is 301. The second-order valence-corrected chi connectivity index (χ2v) is 3.37. The first kappa shape index (κ1) is 10.7. The highest BCUT2D eigenvalue weighted by molar-refractivity contribution is 5.80. The van der Waals surface area contributed by atoms with Crippen molar-refractivity contribution in [3.63, 3.8) is 0 Å². The molecule has 1 aromatic heterocycles. The molecule has 0 saturated heterocycles. The zero-order valence-corrected chi connectivity index (χ0v) is 8.83. The van der Waals surface area contributed by atoms with Crippen LogP contribution in [0.3, 0.4) is 0 Å². The van der Waals surface area contributed by atoms with Gasteiger partial charge in [0.2, 0.25) is 0 Å². The highest BCUT2D eigenvalue weighted by atomic mass is 14.8. The van der Waals surface area contributed by atoms with E-state index in [1.807, 2.05) is 25.3 Å². The van der Waals surface area contributed by atoms with Crippen LogP contribution >= 0.6 is 0 Å². The van der Waals surface area contributed by atoms with Gasteiger partial charge in [-0.3, -0.25) is 9.98 Å². The minimum absolute atomic E-state index is 0.638. The fourth-order valence-electron chi connectivity index (χ4n) is 1.12. The van der Waals surface area contributed by atoms with Crippen molar-refractivity contribution < 1.29 is 0 Å². The molecule has 0 aromatic carbocycles. The Morgan fingerprint density at radius 3 is 2.86 bits per heavy atom. The molecule has 0 amide bonds. The largest absolute Gasteiger partial charge is 0.387 e. The molecular weight excluding hydrogens is 174 g/mol. The van der Waals surface area contributed by atoms with Crippen LogP contribution in [-0.2, 0) is 6.54 Å². The maximum atomic E-state index is 5.69. The molecule has 0 fully saturated rings. The predicted molar refractivity (Wildman–Crippen MR) is 59.2 cm³/mol. The number of rotatable bonds is 4. The zero-order chi connectivity index (χ0) is 10.4. The van der Waals surface area contributed by atoms with Crippen LogP contribution < -0.4 is 5.73 Å². The zero-order valence-electron chi connectivity index (χ0n) is 8.83. The quantitative estimate of drug-likeness (QED) is 0.585. The first-order valence-electron chi connectivity index (χ1n) is 4.92. The van der Waals surface area contributed by atoms with Gasteiger partial charge < -0.3 is 5.73 Å². The van der Waals surface area contributed by atoms with Gasteiger partial charge in [-0.1, -0.05) is 13.0 Å². The molecule has 0 aliphatic heterocycles. The highest BCUT2D eigenvalue weighted by Gasteiger charge is 1.93. The molecule has 1 aromatic rings. The number of aromatic nitrogens is 1. The van der Waals surface area contributed by atoms with Gasteiger partial charge in [-0.05, 0) is 25.0 Å². The van der Waals surface area contributed by atoms with E-state index in [4.69, 9.17) is 5.73 Å². The number of hydrogen-bond donors (Lipinski definition) is 1. The Hall–Kier alpha value is -1.38. The number of amidine groups is 1. The van der Waals surface area contributed by atoms with Crippen molar-refractivity contribution in [3.8, 4) is 0 Å². The first-order chi connectivity index (χ1) is 6.72. The molecular formula is C11H17N3. The van der Waals surface area contributed by atoms with Crippen LogP contribution in [0, 0.1) is 6.92 Å². The predicted octanol–water partition coefficient (Wildman–Crippen LogP) is 2.05. The van der Waals surface area contributed by atoms with Gasteiger partial charge in [0.15, 0.2) is 0 Å². The van der Waals surface area contributed by atoms with Gasteiger partial charge >= 0.3 is 0 Å². The van der Waals surface area contributed by atoms with Gasteiger partial charge in [-0.15, -0.1) is 0 Å². The van der Waals surface area contributed by atoms with Crippen molar-refractivity contribution >= 4 is 5.84 Å². The van der Waals surface area contributed by atoms with Gasteiger partial charge in [0.1, 0.15) is 0 Å². The van der Waals surface area contributed by atoms with E-state index >= 15 is 0 Å². The van der Waals surface area contributed by atoms with Gasteiger partial charge in [0.05, 0.1) is 12.4 Å².